The first-order valence-electron chi connectivity index (χ1n) is 3.36. The Bertz CT molecular complexity index is 279. The van der Waals surface area contributed by atoms with Crippen molar-refractivity contribution in [2.75, 3.05) is 0 Å². The zero-order valence-corrected chi connectivity index (χ0v) is 9.86. The Balaban J connectivity index is 0.000000720. The molecule has 0 spiro atoms. The van der Waals surface area contributed by atoms with Gasteiger partial charge in [0.1, 0.15) is 5.76 Å². The first kappa shape index (κ1) is 10.4. The first-order chi connectivity index (χ1) is 5.26. The van der Waals surface area contributed by atoms with E-state index in [2.05, 4.69) is 4.98 Å². The third kappa shape index (κ3) is 1.51. The minimum Gasteiger partial charge on any atom is -0.549 e. The van der Waals surface area contributed by atoms with Crippen molar-refractivity contribution in [2.45, 2.75) is 18.3 Å². The number of nitrogens with zero attached hydrogens (tertiary/aromatic N) is 1. The molecule has 1 heterocycles. The molecule has 0 bridgehead atoms. The van der Waals surface area contributed by atoms with Crippen LogP contribution in [0, 0.1) is 0 Å². The summed E-state index contributed by atoms with van der Waals surface area (Å²) in [5.74, 6) is -0.647. The molecule has 0 atom stereocenters. The summed E-state index contributed by atoms with van der Waals surface area (Å²) in [6.45, 7) is 0. The predicted octanol–water partition coefficient (Wildman–Crippen LogP) is -3.54. The van der Waals surface area contributed by atoms with Crippen LogP contribution >= 0.6 is 0 Å². The maximum atomic E-state index is 10.6. The Morgan fingerprint density at radius 3 is 2.67 bits per heavy atom. The van der Waals surface area contributed by atoms with Gasteiger partial charge in [0.05, 0.1) is 17.6 Å². The van der Waals surface area contributed by atoms with Gasteiger partial charge >= 0.3 is 51.4 Å². The van der Waals surface area contributed by atoms with Gasteiger partial charge in [0.2, 0.25) is 0 Å². The number of rotatable bonds is 2. The van der Waals surface area contributed by atoms with Gasteiger partial charge in [0, 0.05) is 0 Å². The number of hydrogen-bond donors (Lipinski definition) is 0. The van der Waals surface area contributed by atoms with E-state index >= 15 is 0 Å². The number of carbonyl (C=O) groups is 1. The van der Waals surface area contributed by atoms with Crippen LogP contribution in [0.5, 0.6) is 0 Å². The van der Waals surface area contributed by atoms with E-state index < -0.39 is 11.4 Å². The number of hydrogen-bond acceptors (Lipinski definition) is 4. The van der Waals surface area contributed by atoms with E-state index in [0.717, 1.165) is 0 Å². The molecule has 4 nitrogen and oxygen atoms in total. The van der Waals surface area contributed by atoms with Crippen LogP contribution in [-0.4, -0.2) is 11.0 Å². The standard InChI is InChI=1S/C7H7NO3.K/c9-6(10)7(1-2-7)5-3-8-4-11-5;/h3-4H,1-2H2,(H,9,10);/q;+1/p-1. The Morgan fingerprint density at radius 2 is 2.33 bits per heavy atom. The van der Waals surface area contributed by atoms with E-state index in [1.165, 1.54) is 12.6 Å². The summed E-state index contributed by atoms with van der Waals surface area (Å²) in [5, 5.41) is 10.6. The fourth-order valence-corrected chi connectivity index (χ4v) is 1.13. The molecule has 0 amide bonds. The zero-order valence-electron chi connectivity index (χ0n) is 6.74. The second-order valence-corrected chi connectivity index (χ2v) is 2.74. The summed E-state index contributed by atoms with van der Waals surface area (Å²) in [5.41, 5.74) is -0.851. The fourth-order valence-electron chi connectivity index (χ4n) is 1.13. The zero-order chi connectivity index (χ0) is 7.90. The molecule has 0 radical (unpaired) electrons. The van der Waals surface area contributed by atoms with Gasteiger partial charge in [-0.15, -0.1) is 0 Å². The topological polar surface area (TPSA) is 66.2 Å². The molecule has 2 rings (SSSR count). The Morgan fingerprint density at radius 1 is 1.67 bits per heavy atom. The van der Waals surface area contributed by atoms with E-state index in [4.69, 9.17) is 4.42 Å². The SMILES string of the molecule is O=C([O-])C1(c2cnco2)CC1.[K+]. The summed E-state index contributed by atoms with van der Waals surface area (Å²) in [6, 6.07) is 0. The molecule has 0 N–H and O–H groups in total. The van der Waals surface area contributed by atoms with Crippen molar-refractivity contribution in [1.29, 1.82) is 0 Å². The summed E-state index contributed by atoms with van der Waals surface area (Å²) in [6.07, 6.45) is 3.87. The van der Waals surface area contributed by atoms with Gasteiger partial charge in [-0.05, 0) is 12.8 Å². The summed E-state index contributed by atoms with van der Waals surface area (Å²) in [4.78, 5) is 14.2. The molecule has 0 aromatic carbocycles. The molecule has 0 aliphatic heterocycles. The van der Waals surface area contributed by atoms with Crippen molar-refractivity contribution in [2.24, 2.45) is 0 Å². The molecule has 1 aliphatic carbocycles. The number of carboxylic acid groups (broad SMARTS) is 1. The van der Waals surface area contributed by atoms with Crippen LogP contribution in [0.4, 0.5) is 0 Å². The van der Waals surface area contributed by atoms with Gasteiger partial charge in [-0.25, -0.2) is 4.98 Å². The molecular weight excluding hydrogens is 185 g/mol. The van der Waals surface area contributed by atoms with Crippen LogP contribution in [0.3, 0.4) is 0 Å². The van der Waals surface area contributed by atoms with Crippen molar-refractivity contribution < 1.29 is 65.7 Å². The largest absolute Gasteiger partial charge is 1.00 e. The third-order valence-electron chi connectivity index (χ3n) is 2.04. The molecule has 0 unspecified atom stereocenters. The monoisotopic (exact) mass is 191 g/mol. The molecular formula is C7H6KNO3. The maximum absolute atomic E-state index is 10.6. The fraction of sp³-hybridized carbons (Fsp3) is 0.429. The van der Waals surface area contributed by atoms with Gasteiger partial charge < -0.3 is 14.3 Å². The van der Waals surface area contributed by atoms with Crippen molar-refractivity contribution in [3.63, 3.8) is 0 Å². The van der Waals surface area contributed by atoms with Crippen LogP contribution in [0.2, 0.25) is 0 Å². The second-order valence-electron chi connectivity index (χ2n) is 2.74. The average molecular weight is 191 g/mol. The molecule has 1 fully saturated rings. The molecule has 5 heteroatoms. The number of oxazole rings is 1. The first-order valence-corrected chi connectivity index (χ1v) is 3.36. The second kappa shape index (κ2) is 3.59. The van der Waals surface area contributed by atoms with Gasteiger partial charge in [0.15, 0.2) is 6.39 Å². The number of carboxylic acids is 1. The van der Waals surface area contributed by atoms with Crippen LogP contribution in [0.25, 0.3) is 0 Å². The molecule has 1 aromatic heterocycles. The number of aromatic nitrogens is 1. The van der Waals surface area contributed by atoms with E-state index in [-0.39, 0.29) is 51.4 Å². The average Bonchev–Trinajstić information content (AvgIpc) is 2.61. The minimum absolute atomic E-state index is 0. The van der Waals surface area contributed by atoms with E-state index in [9.17, 15) is 9.90 Å². The normalized spacial score (nSPS) is 18.0. The van der Waals surface area contributed by atoms with Crippen molar-refractivity contribution in [3.8, 4) is 0 Å². The molecule has 1 saturated carbocycles. The molecule has 58 valence electrons. The summed E-state index contributed by atoms with van der Waals surface area (Å²) < 4.78 is 4.89. The van der Waals surface area contributed by atoms with Crippen LogP contribution < -0.4 is 56.5 Å². The van der Waals surface area contributed by atoms with Gasteiger partial charge in [-0.3, -0.25) is 0 Å². The quantitative estimate of drug-likeness (QED) is 0.454. The van der Waals surface area contributed by atoms with Crippen molar-refractivity contribution in [3.05, 3.63) is 18.4 Å². The van der Waals surface area contributed by atoms with Crippen molar-refractivity contribution in [1.82, 2.24) is 4.98 Å². The minimum atomic E-state index is -1.06. The van der Waals surface area contributed by atoms with Gasteiger partial charge in [-0.1, -0.05) is 0 Å². The van der Waals surface area contributed by atoms with Crippen LogP contribution in [0.15, 0.2) is 17.0 Å². The molecule has 1 aliphatic rings. The van der Waals surface area contributed by atoms with E-state index in [1.54, 1.807) is 0 Å². The Kier molecular flexibility index (Phi) is 3.11. The Labute approximate surface area is 112 Å². The van der Waals surface area contributed by atoms with Crippen LogP contribution in [-0.2, 0) is 10.2 Å². The van der Waals surface area contributed by atoms with E-state index in [1.807, 2.05) is 0 Å². The van der Waals surface area contributed by atoms with Gasteiger partial charge in [0.25, 0.3) is 0 Å². The number of aliphatic carboxylic acids is 1. The number of carbonyl (C=O) groups excluding carboxylic acids is 1. The van der Waals surface area contributed by atoms with Gasteiger partial charge in [-0.2, -0.15) is 0 Å². The third-order valence-corrected chi connectivity index (χ3v) is 2.04. The molecule has 0 saturated heterocycles. The Hall–Kier alpha value is 0.316. The maximum Gasteiger partial charge on any atom is 1.00 e. The van der Waals surface area contributed by atoms with E-state index in [0.29, 0.717) is 18.6 Å². The predicted molar refractivity (Wildman–Crippen MR) is 32.4 cm³/mol. The molecule has 1 aromatic rings. The smallest absolute Gasteiger partial charge is 0.549 e. The summed E-state index contributed by atoms with van der Waals surface area (Å²) in [7, 11) is 0. The molecule has 12 heavy (non-hydrogen) atoms. The van der Waals surface area contributed by atoms with Crippen LogP contribution in [0.1, 0.15) is 18.6 Å². The van der Waals surface area contributed by atoms with Crippen molar-refractivity contribution >= 4 is 5.97 Å². The summed E-state index contributed by atoms with van der Waals surface area (Å²) >= 11 is 0.